The van der Waals surface area contributed by atoms with Crippen molar-refractivity contribution in [2.75, 3.05) is 33.0 Å². The molecule has 2 aliphatic carbocycles. The van der Waals surface area contributed by atoms with Crippen molar-refractivity contribution in [3.05, 3.63) is 126 Å². The third-order valence-electron chi connectivity index (χ3n) is 11.7. The molecule has 0 aromatic heterocycles. The van der Waals surface area contributed by atoms with E-state index in [1.807, 2.05) is 61.5 Å². The minimum Gasteiger partial charge on any atom is -0.459 e. The summed E-state index contributed by atoms with van der Waals surface area (Å²) in [6, 6.07) is 22.0. The number of benzene rings is 3. The number of hydrogen-bond acceptors (Lipinski definition) is 10. The first kappa shape index (κ1) is 44.3. The summed E-state index contributed by atoms with van der Waals surface area (Å²) in [7, 11) is 0. The van der Waals surface area contributed by atoms with Gasteiger partial charge in [0.1, 0.15) is 36.2 Å². The molecule has 0 saturated heterocycles. The highest BCUT2D eigenvalue weighted by molar-refractivity contribution is 6.03. The molecule has 60 heavy (non-hydrogen) atoms. The van der Waals surface area contributed by atoms with Crippen molar-refractivity contribution in [2.24, 2.45) is 22.9 Å². The van der Waals surface area contributed by atoms with Crippen LogP contribution in [0.5, 0.6) is 17.2 Å². The van der Waals surface area contributed by atoms with Crippen molar-refractivity contribution >= 4 is 18.1 Å². The summed E-state index contributed by atoms with van der Waals surface area (Å²) in [5, 5.41) is 24.7. The maximum Gasteiger partial charge on any atom is 0.410 e. The monoisotopic (exact) mass is 820 g/mol. The Hall–Kier alpha value is -5.23. The zero-order valence-electron chi connectivity index (χ0n) is 34.8. The normalized spacial score (nSPS) is 23.3. The molecule has 0 bridgehead atoms. The first-order valence-corrected chi connectivity index (χ1v) is 21.4. The third-order valence-corrected chi connectivity index (χ3v) is 11.7. The van der Waals surface area contributed by atoms with Crippen molar-refractivity contribution in [2.45, 2.75) is 89.1 Å². The zero-order valence-corrected chi connectivity index (χ0v) is 34.8. The highest BCUT2D eigenvalue weighted by Crippen LogP contribution is 2.62. The Labute approximate surface area is 354 Å². The number of hydrogen-bond donors (Lipinski definition) is 2. The van der Waals surface area contributed by atoms with Crippen molar-refractivity contribution in [1.82, 2.24) is 4.90 Å². The summed E-state index contributed by atoms with van der Waals surface area (Å²) in [6.45, 7) is 11.0. The number of aliphatic hydroxyl groups excluding tert-OH is 2. The first-order valence-electron chi connectivity index (χ1n) is 21.4. The molecular formula is C49H60N2O9. The Morgan fingerprint density at radius 3 is 2.48 bits per heavy atom. The molecule has 3 aromatic rings. The Kier molecular flexibility index (Phi) is 16.1. The molecule has 0 radical (unpaired) electrons. The van der Waals surface area contributed by atoms with Crippen molar-refractivity contribution < 1.29 is 43.6 Å². The van der Waals surface area contributed by atoms with Crippen molar-refractivity contribution in [3.8, 4) is 17.2 Å². The standard InChI is InChI=1S/C49H60N2O9/c1-4-7-28-56-48(55)51(24-5-2)45-32-43(50-58-34-35-16-9-8-10-17-35)41-30-37(19-11-13-25-52)40(21-12-14-26-53)46-42-31-39(59-38-20-15-18-36(29-38)33-54)22-23-44(42)60-49(45,47(41)46)57-27-6-3/h4,6,8-10,15-18,20,22-23,29-31,33,37,40,45-47,52-53H,1,3,5,7,11-14,19,21,24-28,32,34H2,2H3. The zero-order chi connectivity index (χ0) is 42.3. The van der Waals surface area contributed by atoms with Crippen molar-refractivity contribution in [3.63, 3.8) is 0 Å². The van der Waals surface area contributed by atoms with Crippen LogP contribution >= 0.6 is 0 Å². The molecule has 6 atom stereocenters. The molecule has 6 rings (SSSR count). The number of allylic oxidation sites excluding steroid dienone is 1. The summed E-state index contributed by atoms with van der Waals surface area (Å²) in [5.74, 6) is -0.306. The summed E-state index contributed by atoms with van der Waals surface area (Å²) < 4.78 is 26.6. The fourth-order valence-corrected chi connectivity index (χ4v) is 9.19. The minimum absolute atomic E-state index is 0.0383. The van der Waals surface area contributed by atoms with Crippen molar-refractivity contribution in [1.29, 1.82) is 0 Å². The quantitative estimate of drug-likeness (QED) is 0.0415. The van der Waals surface area contributed by atoms with Crippen LogP contribution in [0.1, 0.15) is 92.1 Å². The molecule has 11 nitrogen and oxygen atoms in total. The average Bonchev–Trinajstić information content (AvgIpc) is 3.27. The molecule has 2 N–H and O–H groups in total. The number of nitrogens with zero attached hydrogens (tertiary/aromatic N) is 2. The van der Waals surface area contributed by atoms with Crippen LogP contribution in [0.2, 0.25) is 0 Å². The van der Waals surface area contributed by atoms with E-state index < -0.39 is 23.8 Å². The van der Waals surface area contributed by atoms with Gasteiger partial charge in [-0.25, -0.2) is 4.79 Å². The van der Waals surface area contributed by atoms with E-state index in [0.717, 1.165) is 48.7 Å². The number of carbonyl (C=O) groups is 2. The average molecular weight is 821 g/mol. The Morgan fingerprint density at radius 1 is 0.967 bits per heavy atom. The number of rotatable bonds is 23. The van der Waals surface area contributed by atoms with Gasteiger partial charge in [-0.15, -0.1) is 13.2 Å². The van der Waals surface area contributed by atoms with Gasteiger partial charge in [0.2, 0.25) is 5.79 Å². The number of oxime groups is 1. The molecule has 0 spiro atoms. The van der Waals surface area contributed by atoms with E-state index in [1.165, 1.54) is 0 Å². The van der Waals surface area contributed by atoms with Crippen LogP contribution in [0.15, 0.2) is 115 Å². The van der Waals surface area contributed by atoms with Gasteiger partial charge < -0.3 is 34.0 Å². The molecule has 3 aliphatic rings. The minimum atomic E-state index is -1.41. The number of fused-ring (bicyclic) bond motifs is 2. The Morgan fingerprint density at radius 2 is 1.75 bits per heavy atom. The topological polar surface area (TPSA) is 136 Å². The smallest absolute Gasteiger partial charge is 0.410 e. The van der Waals surface area contributed by atoms with Gasteiger partial charge in [-0.3, -0.25) is 9.69 Å². The lowest BCUT2D eigenvalue weighted by molar-refractivity contribution is -0.255. The van der Waals surface area contributed by atoms with E-state index >= 15 is 0 Å². The fourth-order valence-electron chi connectivity index (χ4n) is 9.19. The molecule has 1 saturated carbocycles. The van der Waals surface area contributed by atoms with E-state index in [9.17, 15) is 19.8 Å². The number of amides is 1. The number of aldehydes is 1. The number of ether oxygens (including phenoxy) is 4. The molecule has 1 heterocycles. The van der Waals surface area contributed by atoms with Crippen LogP contribution in [-0.4, -0.2) is 78.0 Å². The second-order valence-corrected chi connectivity index (χ2v) is 15.7. The summed E-state index contributed by atoms with van der Waals surface area (Å²) >= 11 is 0. The second-order valence-electron chi connectivity index (χ2n) is 15.7. The first-order chi connectivity index (χ1) is 29.4. The van der Waals surface area contributed by atoms with E-state index in [0.29, 0.717) is 60.8 Å². The van der Waals surface area contributed by atoms with Gasteiger partial charge in [-0.05, 0) is 91.8 Å². The van der Waals surface area contributed by atoms with Gasteiger partial charge in [-0.2, -0.15) is 0 Å². The number of unbranched alkanes of at least 4 members (excludes halogenated alkanes) is 2. The lowest BCUT2D eigenvalue weighted by atomic mass is 9.55. The molecule has 1 amide bonds. The second kappa shape index (κ2) is 21.9. The Balaban J connectivity index is 1.57. The van der Waals surface area contributed by atoms with Crippen LogP contribution in [0.3, 0.4) is 0 Å². The SMILES string of the molecule is C=CCCOC(=O)N(CCC)C1CC(=NOCc2ccccc2)C2=CC(CCCCO)C(CCCCO)C3c4cc(Oc5cccc(C=O)c5)ccc4OC1(OCC=C)C23. The Bertz CT molecular complexity index is 1960. The number of carbonyl (C=O) groups excluding carboxylic acids is 2. The van der Waals surface area contributed by atoms with E-state index in [2.05, 4.69) is 19.2 Å². The van der Waals surface area contributed by atoms with Gasteiger partial charge in [0.15, 0.2) is 0 Å². The van der Waals surface area contributed by atoms with E-state index in [4.69, 9.17) is 28.9 Å². The highest BCUT2D eigenvalue weighted by Gasteiger charge is 2.65. The van der Waals surface area contributed by atoms with Crippen LogP contribution in [-0.2, 0) is 20.9 Å². The van der Waals surface area contributed by atoms with Crippen LogP contribution in [0.25, 0.3) is 0 Å². The molecule has 11 heteroatoms. The van der Waals surface area contributed by atoms with E-state index in [-0.39, 0.29) is 57.2 Å². The summed E-state index contributed by atoms with van der Waals surface area (Å²) in [5.41, 5.74) is 4.04. The number of aliphatic hydroxyl groups is 2. The van der Waals surface area contributed by atoms with Gasteiger partial charge in [0, 0.05) is 43.2 Å². The lowest BCUT2D eigenvalue weighted by Gasteiger charge is -2.59. The molecule has 1 fully saturated rings. The maximum atomic E-state index is 14.3. The molecule has 3 aromatic carbocycles. The van der Waals surface area contributed by atoms with E-state index in [1.54, 1.807) is 35.3 Å². The highest BCUT2D eigenvalue weighted by atomic mass is 16.7. The summed E-state index contributed by atoms with van der Waals surface area (Å²) in [6.07, 6.45) is 12.0. The molecule has 1 aliphatic heterocycles. The van der Waals surface area contributed by atoms with Gasteiger partial charge >= 0.3 is 6.09 Å². The van der Waals surface area contributed by atoms with Gasteiger partial charge in [-0.1, -0.05) is 85.6 Å². The van der Waals surface area contributed by atoms with Crippen LogP contribution < -0.4 is 9.47 Å². The van der Waals surface area contributed by atoms with Crippen LogP contribution in [0, 0.1) is 17.8 Å². The molecule has 320 valence electrons. The largest absolute Gasteiger partial charge is 0.459 e. The predicted molar refractivity (Wildman–Crippen MR) is 231 cm³/mol. The van der Waals surface area contributed by atoms with Crippen LogP contribution in [0.4, 0.5) is 4.79 Å². The fraction of sp³-hybridized carbons (Fsp3) is 0.449. The molecule has 6 unspecified atom stereocenters. The summed E-state index contributed by atoms with van der Waals surface area (Å²) in [4.78, 5) is 33.8. The lowest BCUT2D eigenvalue weighted by Crippen LogP contribution is -2.70. The predicted octanol–water partition coefficient (Wildman–Crippen LogP) is 9.55. The molecular weight excluding hydrogens is 761 g/mol. The van der Waals surface area contributed by atoms with Gasteiger partial charge in [0.05, 0.1) is 24.8 Å². The maximum absolute atomic E-state index is 14.3. The third kappa shape index (κ3) is 10.2. The van der Waals surface area contributed by atoms with Gasteiger partial charge in [0.25, 0.3) is 0 Å².